The highest BCUT2D eigenvalue weighted by atomic mass is 32.1. The molecule has 1 unspecified atom stereocenters. The van der Waals surface area contributed by atoms with Crippen molar-refractivity contribution >= 4 is 34.6 Å². The topological polar surface area (TPSA) is 82.6 Å². The van der Waals surface area contributed by atoms with E-state index in [1.54, 1.807) is 0 Å². The highest BCUT2D eigenvalue weighted by Gasteiger charge is 2.32. The van der Waals surface area contributed by atoms with E-state index < -0.39 is 6.04 Å². The average Bonchev–Trinajstić information content (AvgIpc) is 2.83. The summed E-state index contributed by atoms with van der Waals surface area (Å²) in [5.74, 6) is 0.407. The minimum atomic E-state index is -0.463. The number of ether oxygens (including phenoxy) is 1. The van der Waals surface area contributed by atoms with Gasteiger partial charge in [-0.1, -0.05) is 60.7 Å². The van der Waals surface area contributed by atoms with Gasteiger partial charge in [0.05, 0.1) is 23.9 Å². The zero-order valence-electron chi connectivity index (χ0n) is 17.2. The van der Waals surface area contributed by atoms with E-state index in [4.69, 9.17) is 22.1 Å². The number of anilines is 1. The number of thiocarbonyl (C=S) groups is 1. The molecule has 1 amide bonds. The minimum Gasteiger partial charge on any atom is -0.491 e. The van der Waals surface area contributed by atoms with Gasteiger partial charge in [-0.3, -0.25) is 4.79 Å². The van der Waals surface area contributed by atoms with Gasteiger partial charge in [0.15, 0.2) is 5.11 Å². The van der Waals surface area contributed by atoms with Gasteiger partial charge in [-0.05, 0) is 47.6 Å². The van der Waals surface area contributed by atoms with Crippen molar-refractivity contribution in [3.8, 4) is 5.75 Å². The summed E-state index contributed by atoms with van der Waals surface area (Å²) in [4.78, 5) is 13.5. The van der Waals surface area contributed by atoms with E-state index in [1.807, 2.05) is 84.9 Å². The molecule has 0 saturated carbocycles. The molecule has 3 aromatic carbocycles. The number of carbonyl (C=O) groups is 1. The van der Waals surface area contributed by atoms with Gasteiger partial charge in [0.2, 0.25) is 0 Å². The molecule has 162 valence electrons. The SMILES string of the molecule is O=C(Nc1ccccc1)C1=C(c2ccccc2)NC(=S)NC1c1ccc(OCCO)cc1. The van der Waals surface area contributed by atoms with E-state index in [0.29, 0.717) is 27.8 Å². The molecule has 0 aliphatic carbocycles. The summed E-state index contributed by atoms with van der Waals surface area (Å²) in [5.41, 5.74) is 3.61. The van der Waals surface area contributed by atoms with E-state index in [9.17, 15) is 4.79 Å². The van der Waals surface area contributed by atoms with Crippen molar-refractivity contribution in [3.63, 3.8) is 0 Å². The van der Waals surface area contributed by atoms with Crippen LogP contribution in [0.25, 0.3) is 5.70 Å². The first kappa shape index (κ1) is 21.5. The van der Waals surface area contributed by atoms with E-state index in [2.05, 4.69) is 16.0 Å². The van der Waals surface area contributed by atoms with Crippen LogP contribution in [0.5, 0.6) is 5.75 Å². The van der Waals surface area contributed by atoms with Gasteiger partial charge in [-0.15, -0.1) is 0 Å². The first-order chi connectivity index (χ1) is 15.7. The van der Waals surface area contributed by atoms with Crippen LogP contribution < -0.4 is 20.7 Å². The van der Waals surface area contributed by atoms with Gasteiger partial charge in [-0.25, -0.2) is 0 Å². The lowest BCUT2D eigenvalue weighted by Gasteiger charge is -2.32. The molecule has 32 heavy (non-hydrogen) atoms. The third kappa shape index (κ3) is 4.96. The Labute approximate surface area is 191 Å². The van der Waals surface area contributed by atoms with Gasteiger partial charge < -0.3 is 25.8 Å². The van der Waals surface area contributed by atoms with Gasteiger partial charge in [-0.2, -0.15) is 0 Å². The minimum absolute atomic E-state index is 0.0567. The zero-order chi connectivity index (χ0) is 22.3. The van der Waals surface area contributed by atoms with Gasteiger partial charge in [0, 0.05) is 5.69 Å². The summed E-state index contributed by atoms with van der Waals surface area (Å²) < 4.78 is 5.46. The van der Waals surface area contributed by atoms with Crippen molar-refractivity contribution in [1.29, 1.82) is 0 Å². The largest absolute Gasteiger partial charge is 0.491 e. The molecule has 0 spiro atoms. The van der Waals surface area contributed by atoms with Crippen LogP contribution in [0.15, 0.2) is 90.5 Å². The fourth-order valence-corrected chi connectivity index (χ4v) is 3.75. The molecule has 3 aromatic rings. The number of hydrogen-bond donors (Lipinski definition) is 4. The van der Waals surface area contributed by atoms with E-state index in [1.165, 1.54) is 0 Å². The second kappa shape index (κ2) is 10.1. The van der Waals surface area contributed by atoms with E-state index in [0.717, 1.165) is 11.1 Å². The predicted molar refractivity (Wildman–Crippen MR) is 129 cm³/mol. The van der Waals surface area contributed by atoms with Crippen LogP contribution in [0.4, 0.5) is 5.69 Å². The fourth-order valence-electron chi connectivity index (χ4n) is 3.53. The molecular weight excluding hydrogens is 422 g/mol. The maximum Gasteiger partial charge on any atom is 0.256 e. The Morgan fingerprint density at radius 1 is 0.969 bits per heavy atom. The molecule has 1 heterocycles. The zero-order valence-corrected chi connectivity index (χ0v) is 18.1. The second-order valence-electron chi connectivity index (χ2n) is 7.15. The number of carbonyl (C=O) groups excluding carboxylic acids is 1. The third-order valence-corrected chi connectivity index (χ3v) is 5.20. The number of benzene rings is 3. The molecule has 0 fully saturated rings. The van der Waals surface area contributed by atoms with Crippen LogP contribution in [0.3, 0.4) is 0 Å². The van der Waals surface area contributed by atoms with Crippen LogP contribution in [-0.2, 0) is 4.79 Å². The predicted octanol–water partition coefficient (Wildman–Crippen LogP) is 3.63. The number of para-hydroxylation sites is 1. The van der Waals surface area contributed by atoms with Gasteiger partial charge >= 0.3 is 0 Å². The van der Waals surface area contributed by atoms with Crippen molar-refractivity contribution < 1.29 is 14.6 Å². The molecule has 1 aliphatic rings. The maximum absolute atomic E-state index is 13.5. The van der Waals surface area contributed by atoms with Crippen LogP contribution in [0, 0.1) is 0 Å². The summed E-state index contributed by atoms with van der Waals surface area (Å²) in [6.07, 6.45) is 0. The van der Waals surface area contributed by atoms with Crippen LogP contribution in [-0.4, -0.2) is 29.3 Å². The Morgan fingerprint density at radius 2 is 1.62 bits per heavy atom. The van der Waals surface area contributed by atoms with Crippen molar-refractivity contribution in [3.05, 3.63) is 102 Å². The Kier molecular flexibility index (Phi) is 6.79. The summed E-state index contributed by atoms with van der Waals surface area (Å²) in [7, 11) is 0. The van der Waals surface area contributed by atoms with Crippen LogP contribution in [0.1, 0.15) is 17.2 Å². The highest BCUT2D eigenvalue weighted by molar-refractivity contribution is 7.80. The first-order valence-corrected chi connectivity index (χ1v) is 10.6. The standard InChI is InChI=1S/C25H23N3O3S/c29-15-16-31-20-13-11-18(12-14-20)23-21(24(30)26-19-9-5-2-6-10-19)22(27-25(32)28-23)17-7-3-1-4-8-17/h1-14,23,29H,15-16H2,(H,26,30)(H2,27,28,32). The van der Waals surface area contributed by atoms with Crippen molar-refractivity contribution in [2.75, 3.05) is 18.5 Å². The quantitative estimate of drug-likeness (QED) is 0.416. The number of aliphatic hydroxyl groups excluding tert-OH is 1. The smallest absolute Gasteiger partial charge is 0.256 e. The van der Waals surface area contributed by atoms with Crippen molar-refractivity contribution in [2.45, 2.75) is 6.04 Å². The fraction of sp³-hybridized carbons (Fsp3) is 0.120. The lowest BCUT2D eigenvalue weighted by atomic mass is 9.92. The molecule has 1 aliphatic heterocycles. The number of rotatable bonds is 7. The summed E-state index contributed by atoms with van der Waals surface area (Å²) >= 11 is 5.47. The maximum atomic E-state index is 13.5. The average molecular weight is 446 g/mol. The van der Waals surface area contributed by atoms with Gasteiger partial charge in [0.25, 0.3) is 5.91 Å². The molecule has 4 rings (SSSR count). The number of hydrogen-bond acceptors (Lipinski definition) is 4. The van der Waals surface area contributed by atoms with Crippen LogP contribution >= 0.6 is 12.2 Å². The molecule has 0 radical (unpaired) electrons. The Balaban J connectivity index is 1.76. The summed E-state index contributed by atoms with van der Waals surface area (Å²) in [6, 6.07) is 25.9. The number of amides is 1. The molecule has 6 nitrogen and oxygen atoms in total. The van der Waals surface area contributed by atoms with E-state index >= 15 is 0 Å². The van der Waals surface area contributed by atoms with Crippen molar-refractivity contribution in [2.24, 2.45) is 0 Å². The Hall–Kier alpha value is -3.68. The molecule has 0 saturated heterocycles. The number of aliphatic hydroxyl groups is 1. The Morgan fingerprint density at radius 3 is 2.28 bits per heavy atom. The number of nitrogens with one attached hydrogen (secondary N) is 3. The van der Waals surface area contributed by atoms with E-state index in [-0.39, 0.29) is 19.1 Å². The van der Waals surface area contributed by atoms with Crippen molar-refractivity contribution in [1.82, 2.24) is 10.6 Å². The molecule has 1 atom stereocenters. The highest BCUT2D eigenvalue weighted by Crippen LogP contribution is 2.32. The normalized spacial score (nSPS) is 15.5. The monoisotopic (exact) mass is 445 g/mol. The molecule has 7 heteroatoms. The third-order valence-electron chi connectivity index (χ3n) is 4.98. The Bertz CT molecular complexity index is 1120. The van der Waals surface area contributed by atoms with Crippen LogP contribution in [0.2, 0.25) is 0 Å². The summed E-state index contributed by atoms with van der Waals surface area (Å²) in [6.45, 7) is 0.163. The first-order valence-electron chi connectivity index (χ1n) is 10.2. The lowest BCUT2D eigenvalue weighted by molar-refractivity contribution is -0.113. The summed E-state index contributed by atoms with van der Waals surface area (Å²) in [5, 5.41) is 18.8. The second-order valence-corrected chi connectivity index (χ2v) is 7.56. The molecule has 0 bridgehead atoms. The lowest BCUT2D eigenvalue weighted by Crippen LogP contribution is -2.45. The molecule has 4 N–H and O–H groups in total. The molecule has 0 aromatic heterocycles. The molecular formula is C25H23N3O3S. The van der Waals surface area contributed by atoms with Gasteiger partial charge in [0.1, 0.15) is 12.4 Å².